The fourth-order valence-corrected chi connectivity index (χ4v) is 3.65. The molecule has 0 spiro atoms. The molecule has 4 rings (SSSR count). The van der Waals surface area contributed by atoms with E-state index in [1.54, 1.807) is 26.4 Å². The van der Waals surface area contributed by atoms with Crippen LogP contribution in [0.15, 0.2) is 60.7 Å². The number of benzene rings is 2. The highest BCUT2D eigenvalue weighted by molar-refractivity contribution is 5.78. The normalized spacial score (nSPS) is 13.6. The van der Waals surface area contributed by atoms with Gasteiger partial charge in [-0.2, -0.15) is 0 Å². The average Bonchev–Trinajstić information content (AvgIpc) is 2.87. The summed E-state index contributed by atoms with van der Waals surface area (Å²) < 4.78 is 16.3. The summed E-state index contributed by atoms with van der Waals surface area (Å²) >= 11 is 0. The Hall–Kier alpha value is -3.81. The molecule has 0 bridgehead atoms. The zero-order valence-electron chi connectivity index (χ0n) is 18.2. The quantitative estimate of drug-likeness (QED) is 0.566. The third-order valence-corrected chi connectivity index (χ3v) is 5.41. The van der Waals surface area contributed by atoms with Crippen LogP contribution in [0.25, 0.3) is 11.3 Å². The maximum absolute atomic E-state index is 12.6. The summed E-state index contributed by atoms with van der Waals surface area (Å²) in [5.41, 5.74) is 1.66. The number of rotatable bonds is 7. The number of ether oxygens (including phenoxy) is 3. The Balaban J connectivity index is 1.32. The van der Waals surface area contributed by atoms with Crippen molar-refractivity contribution < 1.29 is 19.0 Å². The van der Waals surface area contributed by atoms with Gasteiger partial charge in [-0.15, -0.1) is 10.2 Å². The number of aromatic nitrogens is 2. The van der Waals surface area contributed by atoms with E-state index in [9.17, 15) is 4.79 Å². The molecule has 8 heteroatoms. The van der Waals surface area contributed by atoms with Gasteiger partial charge >= 0.3 is 0 Å². The second-order valence-corrected chi connectivity index (χ2v) is 7.28. The van der Waals surface area contributed by atoms with E-state index in [0.29, 0.717) is 37.7 Å². The number of piperazine rings is 1. The average molecular weight is 434 g/mol. The van der Waals surface area contributed by atoms with Crippen molar-refractivity contribution in [2.45, 2.75) is 0 Å². The van der Waals surface area contributed by atoms with Crippen molar-refractivity contribution in [3.05, 3.63) is 60.7 Å². The second-order valence-electron chi connectivity index (χ2n) is 7.28. The molecule has 0 saturated carbocycles. The lowest BCUT2D eigenvalue weighted by Gasteiger charge is -2.35. The molecule has 1 fully saturated rings. The molecule has 0 N–H and O–H groups in total. The van der Waals surface area contributed by atoms with E-state index in [4.69, 9.17) is 14.2 Å². The fraction of sp³-hybridized carbons (Fsp3) is 0.292. The molecular weight excluding hydrogens is 408 g/mol. The predicted octanol–water partition coefficient (Wildman–Crippen LogP) is 2.89. The minimum Gasteiger partial charge on any atom is -0.496 e. The van der Waals surface area contributed by atoms with E-state index in [1.165, 1.54) is 0 Å². The standard InChI is InChI=1S/C24H26N4O4/c1-30-20-8-4-3-7-18(20)19-11-12-23(26-25-19)27-13-15-28(16-14-27)24(29)17-32-22-10-6-5-9-21(22)31-2/h3-12H,13-17H2,1-2H3. The molecule has 0 unspecified atom stereocenters. The summed E-state index contributed by atoms with van der Waals surface area (Å²) in [6.45, 7) is 2.55. The highest BCUT2D eigenvalue weighted by Gasteiger charge is 2.23. The number of anilines is 1. The molecule has 1 saturated heterocycles. The first-order valence-corrected chi connectivity index (χ1v) is 10.4. The van der Waals surface area contributed by atoms with Crippen LogP contribution in [0.2, 0.25) is 0 Å². The number of para-hydroxylation sites is 3. The number of hydrogen-bond acceptors (Lipinski definition) is 7. The third-order valence-electron chi connectivity index (χ3n) is 5.41. The summed E-state index contributed by atoms with van der Waals surface area (Å²) in [5, 5.41) is 8.78. The van der Waals surface area contributed by atoms with Gasteiger partial charge in [0.15, 0.2) is 23.9 Å². The van der Waals surface area contributed by atoms with E-state index in [2.05, 4.69) is 15.1 Å². The lowest BCUT2D eigenvalue weighted by molar-refractivity contribution is -0.133. The maximum atomic E-state index is 12.6. The number of carbonyl (C=O) groups excluding carboxylic acids is 1. The SMILES string of the molecule is COc1ccccc1OCC(=O)N1CCN(c2ccc(-c3ccccc3OC)nn2)CC1. The summed E-state index contributed by atoms with van der Waals surface area (Å²) in [6, 6.07) is 18.9. The van der Waals surface area contributed by atoms with Crippen LogP contribution in [-0.2, 0) is 4.79 Å². The van der Waals surface area contributed by atoms with Crippen LogP contribution in [0.5, 0.6) is 17.2 Å². The van der Waals surface area contributed by atoms with E-state index >= 15 is 0 Å². The smallest absolute Gasteiger partial charge is 0.260 e. The van der Waals surface area contributed by atoms with Crippen LogP contribution in [0, 0.1) is 0 Å². The first-order chi connectivity index (χ1) is 15.7. The van der Waals surface area contributed by atoms with E-state index in [0.717, 1.165) is 22.8 Å². The third kappa shape index (κ3) is 4.74. The van der Waals surface area contributed by atoms with Crippen LogP contribution in [-0.4, -0.2) is 68.0 Å². The van der Waals surface area contributed by atoms with Gasteiger partial charge in [-0.25, -0.2) is 0 Å². The van der Waals surface area contributed by atoms with Gasteiger partial charge in [-0.1, -0.05) is 24.3 Å². The molecule has 32 heavy (non-hydrogen) atoms. The first-order valence-electron chi connectivity index (χ1n) is 10.4. The van der Waals surface area contributed by atoms with Gasteiger partial charge in [0.1, 0.15) is 5.75 Å². The van der Waals surface area contributed by atoms with Crippen LogP contribution < -0.4 is 19.1 Å². The van der Waals surface area contributed by atoms with Crippen molar-refractivity contribution in [3.8, 4) is 28.5 Å². The van der Waals surface area contributed by atoms with Crippen LogP contribution in [0.3, 0.4) is 0 Å². The van der Waals surface area contributed by atoms with Crippen LogP contribution in [0.4, 0.5) is 5.82 Å². The molecule has 2 aromatic carbocycles. The first kappa shape index (κ1) is 21.4. The highest BCUT2D eigenvalue weighted by atomic mass is 16.5. The summed E-state index contributed by atoms with van der Waals surface area (Å²) in [4.78, 5) is 16.5. The summed E-state index contributed by atoms with van der Waals surface area (Å²) in [7, 11) is 3.22. The minimum absolute atomic E-state index is 0.0201. The molecule has 1 aliphatic rings. The van der Waals surface area contributed by atoms with Crippen LogP contribution >= 0.6 is 0 Å². The van der Waals surface area contributed by atoms with Gasteiger partial charge in [0.2, 0.25) is 0 Å². The second kappa shape index (κ2) is 10.00. The topological polar surface area (TPSA) is 77.0 Å². The molecule has 1 amide bonds. The van der Waals surface area contributed by atoms with Crippen molar-refractivity contribution >= 4 is 11.7 Å². The van der Waals surface area contributed by atoms with E-state index in [-0.39, 0.29) is 12.5 Å². The van der Waals surface area contributed by atoms with Crippen molar-refractivity contribution in [2.24, 2.45) is 0 Å². The molecule has 3 aromatic rings. The monoisotopic (exact) mass is 434 g/mol. The molecule has 2 heterocycles. The van der Waals surface area contributed by atoms with Gasteiger partial charge in [0.25, 0.3) is 5.91 Å². The Morgan fingerprint density at radius 2 is 1.47 bits per heavy atom. The van der Waals surface area contributed by atoms with Crippen molar-refractivity contribution in [2.75, 3.05) is 51.9 Å². The Bertz CT molecular complexity index is 1050. The maximum Gasteiger partial charge on any atom is 0.260 e. The lowest BCUT2D eigenvalue weighted by atomic mass is 10.1. The number of amides is 1. The Morgan fingerprint density at radius 1 is 0.812 bits per heavy atom. The molecule has 0 atom stereocenters. The Kier molecular flexibility index (Phi) is 6.69. The number of hydrogen-bond donors (Lipinski definition) is 0. The highest BCUT2D eigenvalue weighted by Crippen LogP contribution is 2.28. The summed E-state index contributed by atoms with van der Waals surface area (Å²) in [6.07, 6.45) is 0. The number of carbonyl (C=O) groups is 1. The zero-order chi connectivity index (χ0) is 22.3. The molecule has 1 aromatic heterocycles. The summed E-state index contributed by atoms with van der Waals surface area (Å²) in [5.74, 6) is 2.68. The Morgan fingerprint density at radius 3 is 2.12 bits per heavy atom. The van der Waals surface area contributed by atoms with Gasteiger partial charge in [0.05, 0.1) is 19.9 Å². The minimum atomic E-state index is -0.0480. The van der Waals surface area contributed by atoms with Gasteiger partial charge in [0, 0.05) is 31.7 Å². The molecule has 166 valence electrons. The fourth-order valence-electron chi connectivity index (χ4n) is 3.65. The molecule has 8 nitrogen and oxygen atoms in total. The largest absolute Gasteiger partial charge is 0.496 e. The molecule has 1 aliphatic heterocycles. The number of methoxy groups -OCH3 is 2. The zero-order valence-corrected chi connectivity index (χ0v) is 18.2. The van der Waals surface area contributed by atoms with E-state index in [1.807, 2.05) is 53.4 Å². The number of nitrogens with zero attached hydrogens (tertiary/aromatic N) is 4. The van der Waals surface area contributed by atoms with Gasteiger partial charge in [-0.3, -0.25) is 4.79 Å². The lowest BCUT2D eigenvalue weighted by Crippen LogP contribution is -2.50. The van der Waals surface area contributed by atoms with Gasteiger partial charge < -0.3 is 24.0 Å². The molecule has 0 radical (unpaired) electrons. The van der Waals surface area contributed by atoms with Crippen molar-refractivity contribution in [1.82, 2.24) is 15.1 Å². The van der Waals surface area contributed by atoms with Crippen LogP contribution in [0.1, 0.15) is 0 Å². The van der Waals surface area contributed by atoms with Crippen molar-refractivity contribution in [3.63, 3.8) is 0 Å². The van der Waals surface area contributed by atoms with Crippen molar-refractivity contribution in [1.29, 1.82) is 0 Å². The molecular formula is C24H26N4O4. The Labute approximate surface area is 187 Å². The van der Waals surface area contributed by atoms with E-state index < -0.39 is 0 Å². The molecule has 0 aliphatic carbocycles. The van der Waals surface area contributed by atoms with Gasteiger partial charge in [-0.05, 0) is 36.4 Å². The predicted molar refractivity (Wildman–Crippen MR) is 121 cm³/mol.